The molecule has 1 aliphatic heterocycles. The van der Waals surface area contributed by atoms with E-state index in [0.29, 0.717) is 0 Å². The van der Waals surface area contributed by atoms with E-state index >= 15 is 0 Å². The number of nitrogens with zero attached hydrogens (tertiary/aromatic N) is 2. The maximum atomic E-state index is 3.68. The van der Waals surface area contributed by atoms with Crippen LogP contribution in [-0.2, 0) is 0 Å². The van der Waals surface area contributed by atoms with E-state index < -0.39 is 0 Å². The van der Waals surface area contributed by atoms with Crippen molar-refractivity contribution < 1.29 is 0 Å². The zero-order valence-electron chi connectivity index (χ0n) is 12.9. The van der Waals surface area contributed by atoms with E-state index in [1.165, 1.54) is 39.0 Å². The van der Waals surface area contributed by atoms with Crippen molar-refractivity contribution in [3.63, 3.8) is 0 Å². The first-order valence-electron chi connectivity index (χ1n) is 7.56. The van der Waals surface area contributed by atoms with Crippen LogP contribution in [0.3, 0.4) is 0 Å². The van der Waals surface area contributed by atoms with Crippen LogP contribution in [-0.4, -0.2) is 60.6 Å². The van der Waals surface area contributed by atoms with Crippen LogP contribution >= 0.6 is 0 Å². The van der Waals surface area contributed by atoms with Gasteiger partial charge in [-0.1, -0.05) is 0 Å². The van der Waals surface area contributed by atoms with Crippen molar-refractivity contribution in [2.24, 2.45) is 5.92 Å². The Hall–Kier alpha value is -0.120. The molecule has 3 heteroatoms. The second kappa shape index (κ2) is 5.48. The average Bonchev–Trinajstić information content (AvgIpc) is 2.18. The van der Waals surface area contributed by atoms with E-state index in [2.05, 4.69) is 49.9 Å². The summed E-state index contributed by atoms with van der Waals surface area (Å²) in [5.74, 6) is 0.870. The lowest BCUT2D eigenvalue weighted by molar-refractivity contribution is -0.00856. The van der Waals surface area contributed by atoms with Gasteiger partial charge in [-0.3, -0.25) is 4.90 Å². The highest BCUT2D eigenvalue weighted by molar-refractivity contribution is 4.95. The van der Waals surface area contributed by atoms with Gasteiger partial charge in [-0.15, -0.1) is 0 Å². The molecule has 2 fully saturated rings. The Bertz CT molecular complexity index is 271. The standard InChI is InChI=1S/C15H31N3/c1-12-11-17(5)8-9-18(12)14-7-6-13(14)10-16-15(2,3)4/h12-14,16H,6-11H2,1-5H3. The first-order chi connectivity index (χ1) is 8.37. The Balaban J connectivity index is 1.82. The van der Waals surface area contributed by atoms with Crippen LogP contribution in [0.1, 0.15) is 40.5 Å². The molecule has 0 aromatic rings. The van der Waals surface area contributed by atoms with Crippen LogP contribution in [0.4, 0.5) is 0 Å². The number of nitrogens with one attached hydrogen (secondary N) is 1. The third-order valence-corrected chi connectivity index (χ3v) is 4.58. The lowest BCUT2D eigenvalue weighted by atomic mass is 9.77. The van der Waals surface area contributed by atoms with Gasteiger partial charge in [0.25, 0.3) is 0 Å². The maximum absolute atomic E-state index is 3.68. The second-order valence-electron chi connectivity index (χ2n) is 7.38. The molecule has 1 saturated carbocycles. The van der Waals surface area contributed by atoms with Gasteiger partial charge in [-0.05, 0) is 60.0 Å². The van der Waals surface area contributed by atoms with E-state index in [1.54, 1.807) is 0 Å². The highest BCUT2D eigenvalue weighted by atomic mass is 15.3. The molecule has 1 saturated heterocycles. The van der Waals surface area contributed by atoms with Gasteiger partial charge < -0.3 is 10.2 Å². The fourth-order valence-electron chi connectivity index (χ4n) is 3.31. The number of piperazine rings is 1. The average molecular weight is 253 g/mol. The fraction of sp³-hybridized carbons (Fsp3) is 1.00. The number of rotatable bonds is 3. The first-order valence-corrected chi connectivity index (χ1v) is 7.56. The lowest BCUT2D eigenvalue weighted by Gasteiger charge is -2.51. The van der Waals surface area contributed by atoms with E-state index in [1.807, 2.05) is 0 Å². The summed E-state index contributed by atoms with van der Waals surface area (Å²) in [5.41, 5.74) is 0.258. The van der Waals surface area contributed by atoms with Crippen molar-refractivity contribution in [3.05, 3.63) is 0 Å². The summed E-state index contributed by atoms with van der Waals surface area (Å²) in [6.07, 6.45) is 2.82. The van der Waals surface area contributed by atoms with Crippen LogP contribution < -0.4 is 5.32 Å². The van der Waals surface area contributed by atoms with Crippen LogP contribution in [0.2, 0.25) is 0 Å². The van der Waals surface area contributed by atoms with Crippen LogP contribution in [0.15, 0.2) is 0 Å². The maximum Gasteiger partial charge on any atom is 0.0198 e. The van der Waals surface area contributed by atoms with Gasteiger partial charge in [-0.25, -0.2) is 0 Å². The van der Waals surface area contributed by atoms with Crippen LogP contribution in [0.25, 0.3) is 0 Å². The monoisotopic (exact) mass is 253 g/mol. The molecular formula is C15H31N3. The Morgan fingerprint density at radius 1 is 1.17 bits per heavy atom. The minimum atomic E-state index is 0.258. The number of hydrogen-bond acceptors (Lipinski definition) is 3. The molecule has 0 aromatic carbocycles. The van der Waals surface area contributed by atoms with Gasteiger partial charge in [-0.2, -0.15) is 0 Å². The number of hydrogen-bond donors (Lipinski definition) is 1. The van der Waals surface area contributed by atoms with E-state index in [0.717, 1.165) is 18.0 Å². The third kappa shape index (κ3) is 3.46. The van der Waals surface area contributed by atoms with Gasteiger partial charge >= 0.3 is 0 Å². The molecule has 18 heavy (non-hydrogen) atoms. The summed E-state index contributed by atoms with van der Waals surface area (Å²) in [7, 11) is 2.24. The third-order valence-electron chi connectivity index (χ3n) is 4.58. The Morgan fingerprint density at radius 2 is 1.89 bits per heavy atom. The smallest absolute Gasteiger partial charge is 0.0198 e. The van der Waals surface area contributed by atoms with E-state index in [4.69, 9.17) is 0 Å². The first kappa shape index (κ1) is 14.3. The zero-order valence-corrected chi connectivity index (χ0v) is 12.9. The SMILES string of the molecule is CC1CN(C)CCN1C1CCC1CNC(C)(C)C. The molecule has 0 spiro atoms. The quantitative estimate of drug-likeness (QED) is 0.827. The second-order valence-corrected chi connectivity index (χ2v) is 7.38. The largest absolute Gasteiger partial charge is 0.312 e. The normalized spacial score (nSPS) is 35.5. The van der Waals surface area contributed by atoms with Crippen molar-refractivity contribution in [2.75, 3.05) is 33.2 Å². The minimum absolute atomic E-state index is 0.258. The summed E-state index contributed by atoms with van der Waals surface area (Å²) < 4.78 is 0. The molecule has 3 nitrogen and oxygen atoms in total. The van der Waals surface area contributed by atoms with E-state index in [9.17, 15) is 0 Å². The highest BCUT2D eigenvalue weighted by Crippen LogP contribution is 2.34. The molecule has 0 amide bonds. The Labute approximate surface area is 113 Å². The Morgan fingerprint density at radius 3 is 2.39 bits per heavy atom. The molecule has 3 unspecified atom stereocenters. The molecule has 0 radical (unpaired) electrons. The topological polar surface area (TPSA) is 18.5 Å². The van der Waals surface area contributed by atoms with Gasteiger partial charge in [0, 0.05) is 37.3 Å². The molecule has 1 N–H and O–H groups in total. The molecular weight excluding hydrogens is 222 g/mol. The predicted octanol–water partition coefficient (Wildman–Crippen LogP) is 1.79. The molecule has 1 aliphatic carbocycles. The Kier molecular flexibility index (Phi) is 4.35. The van der Waals surface area contributed by atoms with Crippen LogP contribution in [0.5, 0.6) is 0 Å². The molecule has 1 heterocycles. The van der Waals surface area contributed by atoms with Crippen molar-refractivity contribution in [2.45, 2.75) is 58.2 Å². The van der Waals surface area contributed by atoms with Gasteiger partial charge in [0.05, 0.1) is 0 Å². The zero-order chi connectivity index (χ0) is 13.3. The van der Waals surface area contributed by atoms with Gasteiger partial charge in [0.15, 0.2) is 0 Å². The summed E-state index contributed by atoms with van der Waals surface area (Å²) in [6, 6.07) is 1.56. The molecule has 106 valence electrons. The van der Waals surface area contributed by atoms with Gasteiger partial charge in [0.2, 0.25) is 0 Å². The molecule has 3 atom stereocenters. The summed E-state index contributed by atoms with van der Waals surface area (Å²) in [4.78, 5) is 5.22. The molecule has 0 bridgehead atoms. The summed E-state index contributed by atoms with van der Waals surface area (Å²) in [5, 5.41) is 3.68. The van der Waals surface area contributed by atoms with Gasteiger partial charge in [0.1, 0.15) is 0 Å². The molecule has 2 aliphatic rings. The highest BCUT2D eigenvalue weighted by Gasteiger charge is 2.38. The fourth-order valence-corrected chi connectivity index (χ4v) is 3.31. The van der Waals surface area contributed by atoms with Crippen molar-refractivity contribution in [1.82, 2.24) is 15.1 Å². The minimum Gasteiger partial charge on any atom is -0.312 e. The number of likely N-dealkylation sites (N-methyl/N-ethyl adjacent to an activating group) is 1. The lowest BCUT2D eigenvalue weighted by Crippen LogP contribution is -2.60. The van der Waals surface area contributed by atoms with Crippen LogP contribution in [0, 0.1) is 5.92 Å². The van der Waals surface area contributed by atoms with Crippen molar-refractivity contribution >= 4 is 0 Å². The van der Waals surface area contributed by atoms with Crippen molar-refractivity contribution in [1.29, 1.82) is 0 Å². The molecule has 0 aromatic heterocycles. The summed E-state index contributed by atoms with van der Waals surface area (Å²) in [6.45, 7) is 14.1. The molecule has 2 rings (SSSR count). The van der Waals surface area contributed by atoms with Crippen molar-refractivity contribution in [3.8, 4) is 0 Å². The van der Waals surface area contributed by atoms with E-state index in [-0.39, 0.29) is 5.54 Å². The summed E-state index contributed by atoms with van der Waals surface area (Å²) >= 11 is 0. The predicted molar refractivity (Wildman–Crippen MR) is 77.9 cm³/mol.